The maximum absolute atomic E-state index is 12.5. The lowest BCUT2D eigenvalue weighted by molar-refractivity contribution is -0.139. The Morgan fingerprint density at radius 1 is 1.55 bits per heavy atom. The molecule has 2 rings (SSSR count). The quantitative estimate of drug-likeness (QED) is 0.810. The lowest BCUT2D eigenvalue weighted by atomic mass is 10.2. The number of nitrogens with zero attached hydrogens (tertiary/aromatic N) is 2. The summed E-state index contributed by atoms with van der Waals surface area (Å²) in [5.41, 5.74) is 0.618. The molecule has 6 nitrogen and oxygen atoms in total. The molecular weight excluding hydrogens is 285 g/mol. The van der Waals surface area contributed by atoms with Crippen molar-refractivity contribution in [2.45, 2.75) is 11.2 Å². The third-order valence-corrected chi connectivity index (χ3v) is 3.32. The summed E-state index contributed by atoms with van der Waals surface area (Å²) in [6.07, 6.45) is 3.56. The number of fused-ring (bicyclic) bond motifs is 1. The van der Waals surface area contributed by atoms with Crippen LogP contribution in [0.2, 0.25) is 0 Å². The summed E-state index contributed by atoms with van der Waals surface area (Å²) in [4.78, 5) is 26.9. The van der Waals surface area contributed by atoms with Crippen molar-refractivity contribution in [1.29, 1.82) is 0 Å². The average Bonchev–Trinajstić information content (AvgIpc) is 2.83. The molecule has 0 aliphatic heterocycles. The fraction of sp³-hybridized carbons (Fsp3) is 0.250. The highest BCUT2D eigenvalue weighted by atomic mass is 32.2. The molecule has 2 aromatic rings. The first kappa shape index (κ1) is 14.3. The van der Waals surface area contributed by atoms with Crippen LogP contribution in [0.3, 0.4) is 0 Å². The molecule has 1 atom stereocenters. The summed E-state index contributed by atoms with van der Waals surface area (Å²) in [6.45, 7) is -1.18. The van der Waals surface area contributed by atoms with Crippen LogP contribution >= 0.6 is 11.8 Å². The number of hydrogen-bond acceptors (Lipinski definition) is 4. The summed E-state index contributed by atoms with van der Waals surface area (Å²) >= 11 is 1.35. The van der Waals surface area contributed by atoms with E-state index in [4.69, 9.17) is 5.11 Å². The molecule has 2 N–H and O–H groups in total. The van der Waals surface area contributed by atoms with E-state index in [0.29, 0.717) is 10.7 Å². The first-order valence-electron chi connectivity index (χ1n) is 5.69. The second-order valence-electron chi connectivity index (χ2n) is 3.92. The molecule has 0 bridgehead atoms. The Labute approximate surface area is 118 Å². The van der Waals surface area contributed by atoms with Crippen LogP contribution < -0.4 is 5.32 Å². The van der Waals surface area contributed by atoms with E-state index in [2.05, 4.69) is 10.3 Å². The second kappa shape index (κ2) is 5.91. The van der Waals surface area contributed by atoms with Crippen LogP contribution in [0.1, 0.15) is 10.5 Å². The van der Waals surface area contributed by atoms with Gasteiger partial charge >= 0.3 is 5.97 Å². The van der Waals surface area contributed by atoms with Gasteiger partial charge in [0.05, 0.1) is 5.52 Å². The van der Waals surface area contributed by atoms with Gasteiger partial charge in [-0.05, 0) is 18.4 Å². The van der Waals surface area contributed by atoms with Gasteiger partial charge in [0.2, 0.25) is 0 Å². The van der Waals surface area contributed by atoms with Gasteiger partial charge in [0.15, 0.2) is 16.9 Å². The number of aromatic nitrogens is 2. The largest absolute Gasteiger partial charge is 0.480 e. The van der Waals surface area contributed by atoms with Gasteiger partial charge in [-0.2, -0.15) is 0 Å². The number of imidazole rings is 1. The summed E-state index contributed by atoms with van der Waals surface area (Å²) in [6, 6.07) is 3.65. The van der Waals surface area contributed by atoms with Crippen molar-refractivity contribution < 1.29 is 19.1 Å². The predicted molar refractivity (Wildman–Crippen MR) is 71.8 cm³/mol. The summed E-state index contributed by atoms with van der Waals surface area (Å²) < 4.78 is 14.3. The zero-order valence-electron chi connectivity index (χ0n) is 10.5. The van der Waals surface area contributed by atoms with Gasteiger partial charge in [-0.15, -0.1) is 0 Å². The molecule has 20 heavy (non-hydrogen) atoms. The number of rotatable bonds is 5. The number of alkyl halides is 1. The highest BCUT2D eigenvalue weighted by Crippen LogP contribution is 2.19. The maximum atomic E-state index is 12.5. The Morgan fingerprint density at radius 3 is 2.90 bits per heavy atom. The molecule has 0 aliphatic rings. The van der Waals surface area contributed by atoms with E-state index >= 15 is 0 Å². The molecule has 1 amide bonds. The van der Waals surface area contributed by atoms with Crippen molar-refractivity contribution in [3.8, 4) is 0 Å². The minimum absolute atomic E-state index is 0.0784. The number of carbonyl (C=O) groups is 2. The normalized spacial score (nSPS) is 12.3. The maximum Gasteiger partial charge on any atom is 0.328 e. The van der Waals surface area contributed by atoms with Crippen LogP contribution in [-0.4, -0.2) is 45.3 Å². The minimum Gasteiger partial charge on any atom is -0.480 e. The van der Waals surface area contributed by atoms with Gasteiger partial charge in [0.25, 0.3) is 5.91 Å². The van der Waals surface area contributed by atoms with Crippen molar-refractivity contribution in [3.05, 3.63) is 30.1 Å². The fourth-order valence-corrected chi connectivity index (χ4v) is 2.25. The SMILES string of the molecule is CSc1nc(C(=O)NC(CF)C(=O)O)c2ccccn12. The van der Waals surface area contributed by atoms with Gasteiger partial charge in [-0.3, -0.25) is 9.20 Å². The first-order chi connectivity index (χ1) is 9.58. The third kappa shape index (κ3) is 2.60. The van der Waals surface area contributed by atoms with E-state index < -0.39 is 24.6 Å². The number of aliphatic carboxylic acids is 1. The summed E-state index contributed by atoms with van der Waals surface area (Å²) in [5, 5.41) is 11.5. The number of nitrogens with one attached hydrogen (secondary N) is 1. The predicted octanol–water partition coefficient (Wildman–Crippen LogP) is 1.21. The van der Waals surface area contributed by atoms with E-state index in [1.807, 2.05) is 6.26 Å². The molecule has 0 spiro atoms. The van der Waals surface area contributed by atoms with Gasteiger partial charge in [0, 0.05) is 6.20 Å². The fourth-order valence-electron chi connectivity index (χ4n) is 1.71. The number of carboxylic acids is 1. The molecule has 0 fully saturated rings. The van der Waals surface area contributed by atoms with E-state index in [0.717, 1.165) is 0 Å². The van der Waals surface area contributed by atoms with Crippen LogP contribution in [0.25, 0.3) is 5.52 Å². The molecule has 0 aromatic carbocycles. The number of amides is 1. The smallest absolute Gasteiger partial charge is 0.328 e. The zero-order valence-corrected chi connectivity index (χ0v) is 11.4. The van der Waals surface area contributed by atoms with Gasteiger partial charge < -0.3 is 10.4 Å². The van der Waals surface area contributed by atoms with Crippen molar-refractivity contribution >= 4 is 29.2 Å². The van der Waals surface area contributed by atoms with Crippen molar-refractivity contribution in [3.63, 3.8) is 0 Å². The lowest BCUT2D eigenvalue weighted by Gasteiger charge is -2.09. The molecule has 0 radical (unpaired) electrons. The number of halogens is 1. The van der Waals surface area contributed by atoms with E-state index in [9.17, 15) is 14.0 Å². The Hall–Kier alpha value is -2.09. The summed E-state index contributed by atoms with van der Waals surface area (Å²) in [5.74, 6) is -2.13. The van der Waals surface area contributed by atoms with Crippen molar-refractivity contribution in [2.24, 2.45) is 0 Å². The van der Waals surface area contributed by atoms with Crippen LogP contribution in [0, 0.1) is 0 Å². The Morgan fingerprint density at radius 2 is 2.30 bits per heavy atom. The Bertz CT molecular complexity index is 658. The van der Waals surface area contributed by atoms with Crippen molar-refractivity contribution in [1.82, 2.24) is 14.7 Å². The van der Waals surface area contributed by atoms with Gasteiger partial charge in [-0.25, -0.2) is 14.2 Å². The second-order valence-corrected chi connectivity index (χ2v) is 4.69. The average molecular weight is 297 g/mol. The van der Waals surface area contributed by atoms with E-state index in [1.54, 1.807) is 28.8 Å². The minimum atomic E-state index is -1.57. The third-order valence-electron chi connectivity index (χ3n) is 2.67. The monoisotopic (exact) mass is 297 g/mol. The number of hydrogen-bond donors (Lipinski definition) is 2. The molecule has 0 saturated heterocycles. The van der Waals surface area contributed by atoms with E-state index in [1.165, 1.54) is 11.8 Å². The molecule has 0 aliphatic carbocycles. The number of thioether (sulfide) groups is 1. The van der Waals surface area contributed by atoms with Gasteiger partial charge in [0.1, 0.15) is 6.67 Å². The summed E-state index contributed by atoms with van der Waals surface area (Å²) in [7, 11) is 0. The Balaban J connectivity index is 2.37. The van der Waals surface area contributed by atoms with Crippen LogP contribution in [0.4, 0.5) is 4.39 Å². The molecule has 8 heteroatoms. The highest BCUT2D eigenvalue weighted by molar-refractivity contribution is 7.98. The lowest BCUT2D eigenvalue weighted by Crippen LogP contribution is -2.42. The molecule has 0 saturated carbocycles. The standard InChI is InChI=1S/C12H12FN3O3S/c1-20-12-15-9(8-4-2-3-5-16(8)12)10(17)14-7(6-13)11(18)19/h2-5,7H,6H2,1H3,(H,14,17)(H,18,19). The van der Waals surface area contributed by atoms with Crippen LogP contribution in [-0.2, 0) is 4.79 Å². The zero-order chi connectivity index (χ0) is 14.7. The van der Waals surface area contributed by atoms with Crippen LogP contribution in [0.5, 0.6) is 0 Å². The van der Waals surface area contributed by atoms with E-state index in [-0.39, 0.29) is 5.69 Å². The molecule has 2 aromatic heterocycles. The van der Waals surface area contributed by atoms with Crippen molar-refractivity contribution in [2.75, 3.05) is 12.9 Å². The highest BCUT2D eigenvalue weighted by Gasteiger charge is 2.23. The molecular formula is C12H12FN3O3S. The number of pyridine rings is 1. The van der Waals surface area contributed by atoms with Crippen LogP contribution in [0.15, 0.2) is 29.6 Å². The molecule has 1 unspecified atom stereocenters. The molecule has 106 valence electrons. The Kier molecular flexibility index (Phi) is 4.23. The topological polar surface area (TPSA) is 83.7 Å². The first-order valence-corrected chi connectivity index (χ1v) is 6.91. The van der Waals surface area contributed by atoms with Gasteiger partial charge in [-0.1, -0.05) is 17.8 Å². The number of carboxylic acid groups (broad SMARTS) is 1. The molecule has 2 heterocycles. The number of carbonyl (C=O) groups excluding carboxylic acids is 1.